The van der Waals surface area contributed by atoms with Crippen LogP contribution in [-0.2, 0) is 38.3 Å². The van der Waals surface area contributed by atoms with E-state index in [2.05, 4.69) is 61.1 Å². The molecule has 8 rings (SSSR count). The molecule has 0 saturated carbocycles. The van der Waals surface area contributed by atoms with E-state index in [1.54, 1.807) is 44.3 Å². The summed E-state index contributed by atoms with van der Waals surface area (Å²) in [4.78, 5) is 8.93. The minimum absolute atomic E-state index is 0. The number of fused-ring (bicyclic) bond motifs is 4. The molecular weight excluding hydrogens is 779 g/mol. The molecule has 49 heavy (non-hydrogen) atoms. The number of furan rings is 1. The Kier molecular flexibility index (Phi) is 8.04. The van der Waals surface area contributed by atoms with Crippen LogP contribution in [0.3, 0.4) is 0 Å². The first-order chi connectivity index (χ1) is 24.7. The normalized spacial score (nSPS) is 16.5. The molecule has 4 nitrogen and oxygen atoms in total. The van der Waals surface area contributed by atoms with E-state index in [1.807, 2.05) is 66.9 Å². The van der Waals surface area contributed by atoms with Gasteiger partial charge in [0.25, 0.3) is 0 Å². The van der Waals surface area contributed by atoms with Gasteiger partial charge in [0.2, 0.25) is 0 Å². The quantitative estimate of drug-likeness (QED) is 0.167. The van der Waals surface area contributed by atoms with E-state index in [1.165, 1.54) is 5.56 Å². The maximum absolute atomic E-state index is 9.97. The summed E-state index contributed by atoms with van der Waals surface area (Å²) in [6.07, 6.45) is -0.0859. The monoisotopic (exact) mass is 820 g/mol. The van der Waals surface area contributed by atoms with Gasteiger partial charge < -0.3 is 14.4 Å². The molecular formula is C44H37IrN3O-2. The zero-order valence-corrected chi connectivity index (χ0v) is 30.4. The van der Waals surface area contributed by atoms with E-state index in [0.29, 0.717) is 44.5 Å². The Morgan fingerprint density at radius 1 is 0.816 bits per heavy atom. The summed E-state index contributed by atoms with van der Waals surface area (Å²) in [5.41, 5.74) is 6.93. The second-order valence-electron chi connectivity index (χ2n) is 13.5. The van der Waals surface area contributed by atoms with Crippen LogP contribution < -0.4 is 0 Å². The Labute approximate surface area is 307 Å². The zero-order chi connectivity index (χ0) is 37.1. The molecule has 0 bridgehead atoms. The van der Waals surface area contributed by atoms with Crippen molar-refractivity contribution in [2.75, 3.05) is 0 Å². The Hall–Kier alpha value is -4.88. The molecule has 0 amide bonds. The fourth-order valence-electron chi connectivity index (χ4n) is 6.05. The van der Waals surface area contributed by atoms with E-state index in [9.17, 15) is 5.26 Å². The molecule has 0 unspecified atom stereocenters. The maximum Gasteiger partial charge on any atom is 0.130 e. The molecule has 1 aliphatic carbocycles. The molecule has 4 aromatic carbocycles. The minimum atomic E-state index is -1.91. The number of hydrogen-bond acceptors (Lipinski definition) is 4. The van der Waals surface area contributed by atoms with Gasteiger partial charge >= 0.3 is 0 Å². The summed E-state index contributed by atoms with van der Waals surface area (Å²) in [6.45, 7) is 9.81. The van der Waals surface area contributed by atoms with Crippen molar-refractivity contribution in [2.24, 2.45) is 5.41 Å². The number of pyridine rings is 2. The first-order valence-corrected chi connectivity index (χ1v) is 16.0. The molecule has 245 valence electrons. The molecule has 1 aliphatic rings. The van der Waals surface area contributed by atoms with Gasteiger partial charge in [-0.25, -0.2) is 0 Å². The molecule has 0 fully saturated rings. The van der Waals surface area contributed by atoms with E-state index in [0.717, 1.165) is 27.7 Å². The molecule has 3 heterocycles. The molecule has 5 heteroatoms. The van der Waals surface area contributed by atoms with Crippen LogP contribution in [0.1, 0.15) is 62.4 Å². The van der Waals surface area contributed by atoms with Crippen LogP contribution in [0.25, 0.3) is 55.6 Å². The molecule has 1 radical (unpaired) electrons. The van der Waals surface area contributed by atoms with Crippen molar-refractivity contribution in [3.8, 4) is 39.7 Å². The van der Waals surface area contributed by atoms with Gasteiger partial charge in [0.15, 0.2) is 0 Å². The Morgan fingerprint density at radius 2 is 1.61 bits per heavy atom. The van der Waals surface area contributed by atoms with Crippen molar-refractivity contribution in [1.29, 1.82) is 5.26 Å². The van der Waals surface area contributed by atoms with Gasteiger partial charge in [0, 0.05) is 48.9 Å². The summed E-state index contributed by atoms with van der Waals surface area (Å²) in [6, 6.07) is 38.8. The van der Waals surface area contributed by atoms with Crippen molar-refractivity contribution >= 4 is 21.9 Å². The summed E-state index contributed by atoms with van der Waals surface area (Å²) in [5.74, 6) is 0. The first kappa shape index (κ1) is 29.1. The van der Waals surface area contributed by atoms with Crippen LogP contribution in [0.15, 0.2) is 114 Å². The summed E-state index contributed by atoms with van der Waals surface area (Å²) >= 11 is 0. The van der Waals surface area contributed by atoms with Crippen molar-refractivity contribution in [3.05, 3.63) is 144 Å². The third-order valence-electron chi connectivity index (χ3n) is 8.46. The third kappa shape index (κ3) is 6.86. The minimum Gasteiger partial charge on any atom is -0.500 e. The third-order valence-corrected chi connectivity index (χ3v) is 8.46. The van der Waals surface area contributed by atoms with E-state index < -0.39 is 18.2 Å². The predicted octanol–water partition coefficient (Wildman–Crippen LogP) is 11.0. The summed E-state index contributed by atoms with van der Waals surface area (Å²) in [7, 11) is 0. The van der Waals surface area contributed by atoms with Gasteiger partial charge in [-0.1, -0.05) is 94.1 Å². The van der Waals surface area contributed by atoms with Crippen molar-refractivity contribution < 1.29 is 30.0 Å². The van der Waals surface area contributed by atoms with Gasteiger partial charge in [-0.05, 0) is 69.4 Å². The Balaban J connectivity index is 0.000000238. The van der Waals surface area contributed by atoms with Crippen LogP contribution in [0.5, 0.6) is 0 Å². The maximum atomic E-state index is 9.97. The number of rotatable bonds is 3. The average molecular weight is 820 g/mol. The van der Waals surface area contributed by atoms with Gasteiger partial charge in [-0.15, -0.1) is 54.1 Å². The van der Waals surface area contributed by atoms with Crippen LogP contribution in [0.2, 0.25) is 0 Å². The van der Waals surface area contributed by atoms with Crippen LogP contribution in [0.4, 0.5) is 0 Å². The van der Waals surface area contributed by atoms with Crippen molar-refractivity contribution in [3.63, 3.8) is 0 Å². The fourth-order valence-corrected chi connectivity index (χ4v) is 6.05. The molecule has 0 atom stereocenters. The number of nitriles is 1. The molecule has 0 aliphatic heterocycles. The van der Waals surface area contributed by atoms with E-state index in [-0.39, 0.29) is 25.5 Å². The molecule has 7 aromatic rings. The average Bonchev–Trinajstić information content (AvgIpc) is 3.57. The second kappa shape index (κ2) is 13.6. The molecule has 3 aromatic heterocycles. The fraction of sp³-hybridized carbons (Fsp3) is 0.205. The van der Waals surface area contributed by atoms with Crippen molar-refractivity contribution in [2.45, 2.75) is 52.8 Å². The van der Waals surface area contributed by atoms with E-state index in [4.69, 9.17) is 9.90 Å². The number of nitrogens with zero attached hydrogens (tertiary/aromatic N) is 3. The summed E-state index contributed by atoms with van der Waals surface area (Å²) in [5, 5.41) is 11.7. The van der Waals surface area contributed by atoms with Crippen LogP contribution in [0, 0.1) is 28.9 Å². The SMILES string of the molecule is CC(C)(C)c1ccc(-c2[c-]cccc2)nc1.[2H]C1([2H])c2ccc(-c3c(C#N)ccc4c3oc3c(-c5ccccn5)[c-]ccc34)cc2C([2H])([2H])C1(C)C.[Ir]. The van der Waals surface area contributed by atoms with Gasteiger partial charge in [0.05, 0.1) is 17.2 Å². The van der Waals surface area contributed by atoms with Gasteiger partial charge in [-0.3, -0.25) is 0 Å². The Bertz CT molecular complexity index is 2480. The van der Waals surface area contributed by atoms with E-state index >= 15 is 0 Å². The number of benzene rings is 4. The van der Waals surface area contributed by atoms with Crippen LogP contribution >= 0.6 is 0 Å². The molecule has 0 spiro atoms. The molecule has 0 saturated heterocycles. The van der Waals surface area contributed by atoms with Crippen molar-refractivity contribution in [1.82, 2.24) is 9.97 Å². The number of hydrogen-bond donors (Lipinski definition) is 0. The largest absolute Gasteiger partial charge is 0.500 e. The van der Waals surface area contributed by atoms with Gasteiger partial charge in [0.1, 0.15) is 5.58 Å². The Morgan fingerprint density at radius 3 is 2.31 bits per heavy atom. The summed E-state index contributed by atoms with van der Waals surface area (Å²) < 4.78 is 41.3. The van der Waals surface area contributed by atoms with Gasteiger partial charge in [-0.2, -0.15) is 5.26 Å². The molecule has 0 N–H and O–H groups in total. The predicted molar refractivity (Wildman–Crippen MR) is 194 cm³/mol. The van der Waals surface area contributed by atoms with Crippen LogP contribution in [-0.4, -0.2) is 9.97 Å². The second-order valence-corrected chi connectivity index (χ2v) is 13.5. The number of aromatic nitrogens is 2. The topological polar surface area (TPSA) is 62.7 Å². The standard InChI is InChI=1S/C29H21N2O.C15H16N.Ir/c1-29(2)15-19-10-9-18(14-21(19)16-29)26-20(17-30)11-12-23-22-6-5-7-24(27(22)32-28(23)26)25-8-3-4-13-31-25;1-15(2,3)13-9-10-14(16-11-13)12-7-5-4-6-8-12;/h3-6,8-14H,15-16H2,1-2H3;4-7,9-11H,1-3H3;/q2*-1;/i15D2,16D2;;. The zero-order valence-electron chi connectivity index (χ0n) is 32.0. The smallest absolute Gasteiger partial charge is 0.130 e. The first-order valence-electron chi connectivity index (χ1n) is 18.0.